The normalized spacial score (nSPS) is 18.4. The van der Waals surface area contributed by atoms with Crippen molar-refractivity contribution >= 4 is 22.5 Å². The molecular weight excluding hydrogens is 318 g/mol. The fourth-order valence-electron chi connectivity index (χ4n) is 2.54. The van der Waals surface area contributed by atoms with Crippen LogP contribution < -0.4 is 5.56 Å². The molecular formula is C16H20ClN3O3. The number of amides is 1. The van der Waals surface area contributed by atoms with E-state index in [1.54, 1.807) is 25.4 Å². The van der Waals surface area contributed by atoms with Crippen LogP contribution in [0.5, 0.6) is 0 Å². The van der Waals surface area contributed by atoms with Gasteiger partial charge in [0.2, 0.25) is 5.56 Å². The van der Waals surface area contributed by atoms with E-state index in [0.717, 1.165) is 16.2 Å². The van der Waals surface area contributed by atoms with Gasteiger partial charge in [-0.15, -0.1) is 6.58 Å². The van der Waals surface area contributed by atoms with Crippen LogP contribution in [-0.4, -0.2) is 52.7 Å². The summed E-state index contributed by atoms with van der Waals surface area (Å²) in [6.45, 7) is 5.08. The number of carbonyl (C=O) groups is 1. The van der Waals surface area contributed by atoms with Gasteiger partial charge in [-0.3, -0.25) is 19.3 Å². The van der Waals surface area contributed by atoms with Gasteiger partial charge < -0.3 is 4.57 Å². The highest BCUT2D eigenvalue weighted by atomic mass is 35.5. The van der Waals surface area contributed by atoms with Crippen molar-refractivity contribution in [3.63, 3.8) is 0 Å². The lowest BCUT2D eigenvalue weighted by atomic mass is 10.0. The van der Waals surface area contributed by atoms with Gasteiger partial charge in [-0.05, 0) is 35.9 Å². The minimum atomic E-state index is -0.678. The fourth-order valence-corrected chi connectivity index (χ4v) is 2.71. The summed E-state index contributed by atoms with van der Waals surface area (Å²) < 4.78 is 1.53. The maximum atomic E-state index is 11.6. The number of nitrogens with zero attached hydrogens (tertiary/aromatic N) is 3. The Hall–Kier alpha value is -1.89. The molecule has 7 heteroatoms. The van der Waals surface area contributed by atoms with E-state index in [-0.39, 0.29) is 18.2 Å². The smallest absolute Gasteiger partial charge is 0.318 e. The van der Waals surface area contributed by atoms with E-state index in [0.29, 0.717) is 13.1 Å². The topological polar surface area (TPSA) is 54.8 Å². The number of halogens is 1. The second-order valence-electron chi connectivity index (χ2n) is 5.49. The average molecular weight is 338 g/mol. The molecule has 0 bridgehead atoms. The predicted octanol–water partition coefficient (Wildman–Crippen LogP) is 1.86. The van der Waals surface area contributed by atoms with Crippen LogP contribution in [0, 0.1) is 0 Å². The van der Waals surface area contributed by atoms with Gasteiger partial charge in [0.15, 0.2) is 0 Å². The summed E-state index contributed by atoms with van der Waals surface area (Å²) in [5.74, 6) is 0. The molecule has 2 heterocycles. The Kier molecular flexibility index (Phi) is 5.76. The van der Waals surface area contributed by atoms with Crippen molar-refractivity contribution in [3.8, 4) is 0 Å². The van der Waals surface area contributed by atoms with Crippen LogP contribution in [0.1, 0.15) is 5.56 Å². The summed E-state index contributed by atoms with van der Waals surface area (Å²) in [6.07, 6.45) is 5.28. The molecule has 6 nitrogen and oxygen atoms in total. The van der Waals surface area contributed by atoms with Crippen molar-refractivity contribution < 1.29 is 9.63 Å². The first-order chi connectivity index (χ1) is 10.9. The van der Waals surface area contributed by atoms with Crippen molar-refractivity contribution in [2.75, 3.05) is 26.7 Å². The molecule has 124 valence electrons. The second-order valence-corrected chi connectivity index (χ2v) is 5.81. The number of hydrogen-bond acceptors (Lipinski definition) is 4. The lowest BCUT2D eigenvalue weighted by molar-refractivity contribution is -0.119. The summed E-state index contributed by atoms with van der Waals surface area (Å²) in [7, 11) is 3.66. The molecule has 1 aliphatic heterocycles. The number of rotatable bonds is 5. The van der Waals surface area contributed by atoms with Crippen LogP contribution in [0.2, 0.25) is 0 Å². The molecule has 1 amide bonds. The first-order valence-corrected chi connectivity index (χ1v) is 7.59. The Morgan fingerprint density at radius 2 is 2.26 bits per heavy atom. The van der Waals surface area contributed by atoms with Gasteiger partial charge in [-0.25, -0.2) is 0 Å². The molecule has 0 spiro atoms. The van der Waals surface area contributed by atoms with Gasteiger partial charge in [0.1, 0.15) is 0 Å². The van der Waals surface area contributed by atoms with Crippen molar-refractivity contribution in [2.24, 2.45) is 7.05 Å². The SMILES string of the molecule is C=CCON(C(=O)Cl)C1C=C(c2ccc(=O)n(C)c2)CN(C)C1. The number of hydrogen-bond donors (Lipinski definition) is 0. The first kappa shape index (κ1) is 17.5. The molecule has 1 aromatic rings. The number of aromatic nitrogens is 1. The lowest BCUT2D eigenvalue weighted by Gasteiger charge is -2.34. The van der Waals surface area contributed by atoms with Gasteiger partial charge >= 0.3 is 5.37 Å². The molecule has 0 saturated heterocycles. The van der Waals surface area contributed by atoms with Crippen LogP contribution in [0.3, 0.4) is 0 Å². The minimum Gasteiger partial charge on any atom is -0.318 e. The van der Waals surface area contributed by atoms with Crippen LogP contribution in [0.15, 0.2) is 41.9 Å². The van der Waals surface area contributed by atoms with Crippen molar-refractivity contribution in [1.82, 2.24) is 14.5 Å². The Morgan fingerprint density at radius 3 is 2.87 bits per heavy atom. The third-order valence-electron chi connectivity index (χ3n) is 3.60. The molecule has 1 unspecified atom stereocenters. The number of aryl methyl sites for hydroxylation is 1. The van der Waals surface area contributed by atoms with Crippen molar-refractivity contribution in [3.05, 3.63) is 53.0 Å². The third kappa shape index (κ3) is 4.31. The largest absolute Gasteiger partial charge is 0.340 e. The zero-order chi connectivity index (χ0) is 17.0. The second kappa shape index (κ2) is 7.59. The number of pyridine rings is 1. The van der Waals surface area contributed by atoms with Gasteiger partial charge in [-0.1, -0.05) is 12.2 Å². The van der Waals surface area contributed by atoms with Gasteiger partial charge in [0.25, 0.3) is 0 Å². The lowest BCUT2D eigenvalue weighted by Crippen LogP contribution is -2.46. The van der Waals surface area contributed by atoms with Crippen LogP contribution in [0.25, 0.3) is 5.57 Å². The molecule has 1 aliphatic rings. The van der Waals surface area contributed by atoms with E-state index in [2.05, 4.69) is 11.5 Å². The summed E-state index contributed by atoms with van der Waals surface area (Å²) >= 11 is 5.63. The number of likely N-dealkylation sites (N-methyl/N-ethyl adjacent to an activating group) is 1. The van der Waals surface area contributed by atoms with E-state index in [9.17, 15) is 9.59 Å². The molecule has 0 aromatic carbocycles. The fraction of sp³-hybridized carbons (Fsp3) is 0.375. The highest BCUT2D eigenvalue weighted by Gasteiger charge is 2.27. The minimum absolute atomic E-state index is 0.0676. The Balaban J connectivity index is 2.33. The molecule has 1 aromatic heterocycles. The van der Waals surface area contributed by atoms with Gasteiger partial charge in [-0.2, -0.15) is 5.06 Å². The highest BCUT2D eigenvalue weighted by Crippen LogP contribution is 2.22. The number of carbonyl (C=O) groups excluding carboxylic acids is 1. The van der Waals surface area contributed by atoms with Crippen LogP contribution >= 0.6 is 11.6 Å². The number of hydroxylamine groups is 2. The van der Waals surface area contributed by atoms with E-state index in [4.69, 9.17) is 16.4 Å². The standard InChI is InChI=1S/C16H20ClN3O3/c1-4-7-23-20(16(17)22)14-8-13(9-18(2)11-14)12-5-6-15(21)19(3)10-12/h4-6,8,10,14H,1,7,9,11H2,2-3H3. The molecule has 0 N–H and O–H groups in total. The molecule has 0 aliphatic carbocycles. The van der Waals surface area contributed by atoms with Gasteiger partial charge in [0, 0.05) is 32.4 Å². The van der Waals surface area contributed by atoms with E-state index >= 15 is 0 Å². The maximum absolute atomic E-state index is 11.6. The quantitative estimate of drug-likeness (QED) is 0.356. The molecule has 0 fully saturated rings. The highest BCUT2D eigenvalue weighted by molar-refractivity contribution is 6.62. The Labute approximate surface area is 140 Å². The summed E-state index contributed by atoms with van der Waals surface area (Å²) in [4.78, 5) is 30.6. The molecule has 1 atom stereocenters. The molecule has 23 heavy (non-hydrogen) atoms. The monoisotopic (exact) mass is 337 g/mol. The van der Waals surface area contributed by atoms with Crippen LogP contribution in [-0.2, 0) is 11.9 Å². The van der Waals surface area contributed by atoms with E-state index in [1.807, 2.05) is 13.1 Å². The summed E-state index contributed by atoms with van der Waals surface area (Å²) in [5.41, 5.74) is 1.86. The molecule has 0 radical (unpaired) electrons. The Bertz CT molecular complexity index is 683. The summed E-state index contributed by atoms with van der Waals surface area (Å²) in [5, 5.41) is 0.476. The summed E-state index contributed by atoms with van der Waals surface area (Å²) in [6, 6.07) is 2.99. The zero-order valence-corrected chi connectivity index (χ0v) is 14.0. The van der Waals surface area contributed by atoms with Gasteiger partial charge in [0.05, 0.1) is 12.6 Å². The third-order valence-corrected chi connectivity index (χ3v) is 3.76. The van der Waals surface area contributed by atoms with Crippen LogP contribution in [0.4, 0.5) is 4.79 Å². The maximum Gasteiger partial charge on any atom is 0.340 e. The average Bonchev–Trinajstić information content (AvgIpc) is 2.49. The zero-order valence-electron chi connectivity index (χ0n) is 13.2. The van der Waals surface area contributed by atoms with Crippen molar-refractivity contribution in [1.29, 1.82) is 0 Å². The van der Waals surface area contributed by atoms with E-state index in [1.165, 1.54) is 10.6 Å². The van der Waals surface area contributed by atoms with E-state index < -0.39 is 5.37 Å². The first-order valence-electron chi connectivity index (χ1n) is 7.21. The molecule has 0 saturated carbocycles. The Morgan fingerprint density at radius 1 is 1.52 bits per heavy atom. The van der Waals surface area contributed by atoms with Crippen molar-refractivity contribution in [2.45, 2.75) is 6.04 Å². The predicted molar refractivity (Wildman–Crippen MR) is 90.2 cm³/mol. The molecule has 2 rings (SSSR count).